The number of aromatic nitrogens is 2. The summed E-state index contributed by atoms with van der Waals surface area (Å²) in [7, 11) is 0. The molecule has 0 saturated carbocycles. The van der Waals surface area contributed by atoms with Gasteiger partial charge in [0.15, 0.2) is 0 Å². The zero-order valence-electron chi connectivity index (χ0n) is 14.5. The highest BCUT2D eigenvalue weighted by atomic mass is 35.5. The van der Waals surface area contributed by atoms with Crippen LogP contribution in [-0.2, 0) is 17.8 Å². The van der Waals surface area contributed by atoms with Crippen molar-refractivity contribution in [2.45, 2.75) is 38.8 Å². The van der Waals surface area contributed by atoms with Crippen molar-refractivity contribution < 1.29 is 4.79 Å². The van der Waals surface area contributed by atoms with E-state index < -0.39 is 0 Å². The second kappa shape index (κ2) is 6.81. The second-order valence-corrected chi connectivity index (χ2v) is 7.40. The predicted octanol–water partition coefficient (Wildman–Crippen LogP) is 3.10. The highest BCUT2D eigenvalue weighted by Gasteiger charge is 2.31. The third-order valence-electron chi connectivity index (χ3n) is 5.40. The van der Waals surface area contributed by atoms with Gasteiger partial charge in [0, 0.05) is 54.4 Å². The van der Waals surface area contributed by atoms with Gasteiger partial charge in [-0.05, 0) is 31.9 Å². The van der Waals surface area contributed by atoms with Crippen molar-refractivity contribution in [2.75, 3.05) is 19.6 Å². The minimum absolute atomic E-state index is 0.0841. The van der Waals surface area contributed by atoms with Crippen molar-refractivity contribution in [3.8, 4) is 11.3 Å². The number of rotatable bonds is 3. The molecule has 1 fully saturated rings. The summed E-state index contributed by atoms with van der Waals surface area (Å²) in [5.74, 6) is 0.262. The molecule has 0 radical (unpaired) electrons. The minimum atomic E-state index is -0.0841. The molecule has 5 nitrogen and oxygen atoms in total. The van der Waals surface area contributed by atoms with Gasteiger partial charge in [0.05, 0.1) is 11.7 Å². The van der Waals surface area contributed by atoms with Crippen molar-refractivity contribution in [2.24, 2.45) is 0 Å². The number of amides is 1. The zero-order chi connectivity index (χ0) is 17.4. The molecule has 2 aliphatic rings. The molecule has 2 aliphatic heterocycles. The third kappa shape index (κ3) is 3.18. The Hall–Kier alpha value is -1.85. The Morgan fingerprint density at radius 1 is 1.20 bits per heavy atom. The number of nitrogens with zero attached hydrogens (tertiary/aromatic N) is 3. The minimum Gasteiger partial charge on any atom is -0.341 e. The maximum absolute atomic E-state index is 12.7. The fraction of sp³-hybridized carbons (Fsp3) is 0.474. The van der Waals surface area contributed by atoms with Crippen LogP contribution in [0.15, 0.2) is 24.3 Å². The summed E-state index contributed by atoms with van der Waals surface area (Å²) in [6.45, 7) is 5.49. The van der Waals surface area contributed by atoms with Crippen molar-refractivity contribution in [3.63, 3.8) is 0 Å². The van der Waals surface area contributed by atoms with Crippen LogP contribution >= 0.6 is 11.6 Å². The third-order valence-corrected chi connectivity index (χ3v) is 5.66. The summed E-state index contributed by atoms with van der Waals surface area (Å²) in [5, 5.41) is 8.42. The highest BCUT2D eigenvalue weighted by Crippen LogP contribution is 2.30. The Balaban J connectivity index is 1.55. The Kier molecular flexibility index (Phi) is 4.52. The number of likely N-dealkylation sites (tertiary alicyclic amines) is 1. The van der Waals surface area contributed by atoms with Crippen molar-refractivity contribution >= 4 is 17.5 Å². The van der Waals surface area contributed by atoms with Crippen LogP contribution in [0.2, 0.25) is 5.02 Å². The lowest BCUT2D eigenvalue weighted by atomic mass is 10.00. The van der Waals surface area contributed by atoms with Crippen LogP contribution in [0.4, 0.5) is 0 Å². The van der Waals surface area contributed by atoms with E-state index in [2.05, 4.69) is 15.1 Å². The Morgan fingerprint density at radius 2 is 1.92 bits per heavy atom. The van der Waals surface area contributed by atoms with E-state index in [1.807, 2.05) is 36.1 Å². The average Bonchev–Trinajstić information content (AvgIpc) is 3.30. The summed E-state index contributed by atoms with van der Waals surface area (Å²) in [4.78, 5) is 17.0. The average molecular weight is 359 g/mol. The Labute approximate surface area is 153 Å². The van der Waals surface area contributed by atoms with Crippen LogP contribution in [0.1, 0.15) is 31.0 Å². The number of carbonyl (C=O) groups is 1. The fourth-order valence-corrected chi connectivity index (χ4v) is 3.98. The summed E-state index contributed by atoms with van der Waals surface area (Å²) in [6, 6.07) is 7.68. The van der Waals surface area contributed by atoms with E-state index in [-0.39, 0.29) is 11.9 Å². The molecule has 2 aromatic rings. The number of halogens is 1. The molecule has 1 N–H and O–H groups in total. The first-order valence-electron chi connectivity index (χ1n) is 8.98. The molecule has 1 amide bonds. The molecular formula is C19H23ClN4O. The van der Waals surface area contributed by atoms with Crippen molar-refractivity contribution in [3.05, 3.63) is 40.5 Å². The van der Waals surface area contributed by atoms with Crippen molar-refractivity contribution in [1.82, 2.24) is 20.0 Å². The van der Waals surface area contributed by atoms with Gasteiger partial charge in [0.1, 0.15) is 0 Å². The van der Waals surface area contributed by atoms with Crippen LogP contribution in [0, 0.1) is 0 Å². The second-order valence-electron chi connectivity index (χ2n) is 6.97. The molecule has 1 atom stereocenters. The van der Waals surface area contributed by atoms with Gasteiger partial charge in [-0.15, -0.1) is 0 Å². The van der Waals surface area contributed by atoms with E-state index in [0.29, 0.717) is 0 Å². The van der Waals surface area contributed by atoms with Crippen LogP contribution in [-0.4, -0.2) is 51.6 Å². The van der Waals surface area contributed by atoms with Gasteiger partial charge in [0.2, 0.25) is 5.91 Å². The van der Waals surface area contributed by atoms with Gasteiger partial charge >= 0.3 is 0 Å². The van der Waals surface area contributed by atoms with Crippen LogP contribution in [0.3, 0.4) is 0 Å². The molecule has 4 rings (SSSR count). The van der Waals surface area contributed by atoms with Crippen LogP contribution < -0.4 is 0 Å². The molecule has 0 bridgehead atoms. The van der Waals surface area contributed by atoms with Gasteiger partial charge in [-0.25, -0.2) is 0 Å². The van der Waals surface area contributed by atoms with Gasteiger partial charge in [-0.3, -0.25) is 14.8 Å². The van der Waals surface area contributed by atoms with E-state index in [4.69, 9.17) is 11.6 Å². The smallest absolute Gasteiger partial charge is 0.239 e. The monoisotopic (exact) mass is 358 g/mol. The molecule has 1 aromatic carbocycles. The number of aromatic amines is 1. The Bertz CT molecular complexity index is 764. The molecule has 6 heteroatoms. The van der Waals surface area contributed by atoms with Gasteiger partial charge in [-0.2, -0.15) is 5.10 Å². The van der Waals surface area contributed by atoms with Gasteiger partial charge in [0.25, 0.3) is 0 Å². The summed E-state index contributed by atoms with van der Waals surface area (Å²) >= 11 is 6.00. The quantitative estimate of drug-likeness (QED) is 0.917. The first-order valence-corrected chi connectivity index (χ1v) is 9.36. The normalized spacial score (nSPS) is 19.0. The molecule has 3 heterocycles. The molecule has 132 valence electrons. The van der Waals surface area contributed by atoms with E-state index in [0.717, 1.165) is 61.7 Å². The molecule has 1 aromatic heterocycles. The van der Waals surface area contributed by atoms with E-state index in [1.165, 1.54) is 11.3 Å². The zero-order valence-corrected chi connectivity index (χ0v) is 15.2. The molecule has 1 unspecified atom stereocenters. The highest BCUT2D eigenvalue weighted by molar-refractivity contribution is 6.30. The Morgan fingerprint density at radius 3 is 2.64 bits per heavy atom. The standard InChI is InChI=1S/C19H23ClN4O/c1-13(19(25)23-9-2-3-10-23)24-11-8-17-16(12-24)18(22-21-17)14-4-6-15(20)7-5-14/h4-7,13H,2-3,8-12H2,1H3,(H,21,22). The lowest BCUT2D eigenvalue weighted by Crippen LogP contribution is -2.47. The molecule has 1 saturated heterocycles. The number of nitrogens with one attached hydrogen (secondary N) is 1. The maximum atomic E-state index is 12.7. The first kappa shape index (κ1) is 16.6. The lowest BCUT2D eigenvalue weighted by molar-refractivity contribution is -0.135. The van der Waals surface area contributed by atoms with Crippen LogP contribution in [0.5, 0.6) is 0 Å². The first-order chi connectivity index (χ1) is 12.1. The maximum Gasteiger partial charge on any atom is 0.239 e. The number of hydrogen-bond donors (Lipinski definition) is 1. The number of H-pyrrole nitrogens is 1. The number of benzene rings is 1. The predicted molar refractivity (Wildman–Crippen MR) is 98.4 cm³/mol. The summed E-state index contributed by atoms with van der Waals surface area (Å²) in [5.41, 5.74) is 4.41. The lowest BCUT2D eigenvalue weighted by Gasteiger charge is -2.33. The van der Waals surface area contributed by atoms with Gasteiger partial charge < -0.3 is 4.90 Å². The molecule has 0 spiro atoms. The summed E-state index contributed by atoms with van der Waals surface area (Å²) < 4.78 is 0. The number of hydrogen-bond acceptors (Lipinski definition) is 3. The van der Waals surface area contributed by atoms with E-state index >= 15 is 0 Å². The fourth-order valence-electron chi connectivity index (χ4n) is 3.85. The number of carbonyl (C=O) groups excluding carboxylic acids is 1. The van der Waals surface area contributed by atoms with Crippen molar-refractivity contribution in [1.29, 1.82) is 0 Å². The number of fused-ring (bicyclic) bond motifs is 1. The van der Waals surface area contributed by atoms with E-state index in [1.54, 1.807) is 0 Å². The topological polar surface area (TPSA) is 52.2 Å². The summed E-state index contributed by atoms with van der Waals surface area (Å²) in [6.07, 6.45) is 3.16. The SMILES string of the molecule is CC(C(=O)N1CCCC1)N1CCc2[nH]nc(-c3ccc(Cl)cc3)c2C1. The molecule has 0 aliphatic carbocycles. The van der Waals surface area contributed by atoms with Crippen LogP contribution in [0.25, 0.3) is 11.3 Å². The molecular weight excluding hydrogens is 336 g/mol. The molecule has 25 heavy (non-hydrogen) atoms. The van der Waals surface area contributed by atoms with Gasteiger partial charge in [-0.1, -0.05) is 23.7 Å². The largest absolute Gasteiger partial charge is 0.341 e. The van der Waals surface area contributed by atoms with E-state index in [9.17, 15) is 4.79 Å².